The van der Waals surface area contributed by atoms with E-state index in [4.69, 9.17) is 16.3 Å². The molecular formula is C20H16ClN3O3S3. The summed E-state index contributed by atoms with van der Waals surface area (Å²) in [5.74, 6) is -0.537. The fourth-order valence-electron chi connectivity index (χ4n) is 2.79. The van der Waals surface area contributed by atoms with Gasteiger partial charge in [-0.1, -0.05) is 29.4 Å². The lowest BCUT2D eigenvalue weighted by Gasteiger charge is -2.07. The van der Waals surface area contributed by atoms with Crippen LogP contribution >= 0.6 is 46.0 Å². The summed E-state index contributed by atoms with van der Waals surface area (Å²) in [5, 5.41) is 8.38. The van der Waals surface area contributed by atoms with Gasteiger partial charge in [0.25, 0.3) is 0 Å². The fourth-order valence-corrected chi connectivity index (χ4v) is 5.44. The molecule has 0 saturated carbocycles. The van der Waals surface area contributed by atoms with Gasteiger partial charge >= 0.3 is 5.97 Å². The molecule has 3 aromatic heterocycles. The Balaban J connectivity index is 1.48. The molecule has 4 aromatic rings. The number of ether oxygens (including phenoxy) is 1. The van der Waals surface area contributed by atoms with Crippen LogP contribution in [-0.4, -0.2) is 34.2 Å². The predicted molar refractivity (Wildman–Crippen MR) is 124 cm³/mol. The van der Waals surface area contributed by atoms with Crippen molar-refractivity contribution in [3.05, 3.63) is 51.7 Å². The highest BCUT2D eigenvalue weighted by molar-refractivity contribution is 7.99. The van der Waals surface area contributed by atoms with Crippen molar-refractivity contribution >= 4 is 73.9 Å². The number of nitrogens with zero attached hydrogens (tertiary/aromatic N) is 1. The van der Waals surface area contributed by atoms with Crippen molar-refractivity contribution in [2.45, 2.75) is 12.1 Å². The van der Waals surface area contributed by atoms with Crippen LogP contribution in [0, 0.1) is 0 Å². The first-order chi connectivity index (χ1) is 14.5. The second-order valence-electron chi connectivity index (χ2n) is 6.09. The SMILES string of the molecule is CCOC(=O)c1c(-c2cccs2)csc1NC(=O)CSc1nc2ccc(Cl)cc2[nH]1. The Labute approximate surface area is 189 Å². The van der Waals surface area contributed by atoms with Crippen LogP contribution in [0.1, 0.15) is 17.3 Å². The number of nitrogens with one attached hydrogen (secondary N) is 2. The molecule has 0 saturated heterocycles. The van der Waals surface area contributed by atoms with Gasteiger partial charge in [-0.3, -0.25) is 4.79 Å². The van der Waals surface area contributed by atoms with Gasteiger partial charge < -0.3 is 15.0 Å². The lowest BCUT2D eigenvalue weighted by atomic mass is 10.1. The number of esters is 1. The van der Waals surface area contributed by atoms with Gasteiger partial charge in [-0.15, -0.1) is 22.7 Å². The van der Waals surface area contributed by atoms with Crippen molar-refractivity contribution in [1.29, 1.82) is 0 Å². The molecule has 0 aliphatic heterocycles. The number of H-pyrrole nitrogens is 1. The van der Waals surface area contributed by atoms with E-state index in [0.29, 0.717) is 20.7 Å². The third kappa shape index (κ3) is 4.54. The summed E-state index contributed by atoms with van der Waals surface area (Å²) in [6.45, 7) is 2.02. The minimum atomic E-state index is -0.445. The molecule has 3 heterocycles. The molecule has 30 heavy (non-hydrogen) atoms. The van der Waals surface area contributed by atoms with Crippen molar-refractivity contribution in [3.8, 4) is 10.4 Å². The van der Waals surface area contributed by atoms with Crippen molar-refractivity contribution in [1.82, 2.24) is 9.97 Å². The standard InChI is InChI=1S/C20H16ClN3O3S3/c1-2-27-19(26)17-12(15-4-3-7-28-15)9-29-18(17)24-16(25)10-30-20-22-13-6-5-11(21)8-14(13)23-20/h3-9H,2,10H2,1H3,(H,22,23)(H,24,25). The third-order valence-corrected chi connectivity index (χ3v) is 6.98. The molecule has 1 amide bonds. The topological polar surface area (TPSA) is 84.1 Å². The van der Waals surface area contributed by atoms with E-state index < -0.39 is 5.97 Å². The van der Waals surface area contributed by atoms with Gasteiger partial charge in [-0.25, -0.2) is 9.78 Å². The number of anilines is 1. The number of thioether (sulfide) groups is 1. The number of hydrogen-bond acceptors (Lipinski definition) is 7. The molecule has 10 heteroatoms. The molecule has 6 nitrogen and oxygen atoms in total. The number of hydrogen-bond donors (Lipinski definition) is 2. The molecule has 0 aliphatic carbocycles. The highest BCUT2D eigenvalue weighted by atomic mass is 35.5. The van der Waals surface area contributed by atoms with Gasteiger partial charge in [0.2, 0.25) is 5.91 Å². The first-order valence-corrected chi connectivity index (χ1v) is 12.1. The number of benzene rings is 1. The van der Waals surface area contributed by atoms with E-state index in [1.54, 1.807) is 19.1 Å². The molecule has 0 atom stereocenters. The number of amides is 1. The van der Waals surface area contributed by atoms with E-state index in [9.17, 15) is 9.59 Å². The normalized spacial score (nSPS) is 11.0. The second-order valence-corrected chi connectivity index (χ2v) is 9.32. The number of aromatic amines is 1. The zero-order valence-corrected chi connectivity index (χ0v) is 18.9. The Kier molecular flexibility index (Phi) is 6.43. The minimum absolute atomic E-state index is 0.141. The lowest BCUT2D eigenvalue weighted by Crippen LogP contribution is -2.16. The lowest BCUT2D eigenvalue weighted by molar-refractivity contribution is -0.113. The number of halogens is 1. The molecule has 0 spiro atoms. The molecule has 0 fully saturated rings. The van der Waals surface area contributed by atoms with Crippen LogP contribution in [0.15, 0.2) is 46.2 Å². The largest absolute Gasteiger partial charge is 0.462 e. The Morgan fingerprint density at radius 1 is 1.30 bits per heavy atom. The zero-order valence-electron chi connectivity index (χ0n) is 15.7. The maximum Gasteiger partial charge on any atom is 0.341 e. The number of imidazole rings is 1. The van der Waals surface area contributed by atoms with E-state index >= 15 is 0 Å². The molecule has 4 rings (SSSR count). The van der Waals surface area contributed by atoms with Crippen molar-refractivity contribution in [2.24, 2.45) is 0 Å². The number of carbonyl (C=O) groups excluding carboxylic acids is 2. The summed E-state index contributed by atoms with van der Waals surface area (Å²) >= 11 is 10.1. The van der Waals surface area contributed by atoms with Gasteiger partial charge in [-0.2, -0.15) is 0 Å². The second kappa shape index (κ2) is 9.22. The summed E-state index contributed by atoms with van der Waals surface area (Å²) in [4.78, 5) is 33.6. The van der Waals surface area contributed by atoms with Crippen molar-refractivity contribution in [3.63, 3.8) is 0 Å². The molecule has 1 aromatic carbocycles. The summed E-state index contributed by atoms with van der Waals surface area (Å²) in [6.07, 6.45) is 0. The summed E-state index contributed by atoms with van der Waals surface area (Å²) in [7, 11) is 0. The Morgan fingerprint density at radius 3 is 2.93 bits per heavy atom. The van der Waals surface area contributed by atoms with Crippen LogP contribution in [-0.2, 0) is 9.53 Å². The summed E-state index contributed by atoms with van der Waals surface area (Å²) < 4.78 is 5.21. The minimum Gasteiger partial charge on any atom is -0.462 e. The van der Waals surface area contributed by atoms with Crippen LogP contribution in [0.5, 0.6) is 0 Å². The molecule has 154 valence electrons. The van der Waals surface area contributed by atoms with E-state index in [2.05, 4.69) is 15.3 Å². The number of thiophene rings is 2. The van der Waals surface area contributed by atoms with Crippen LogP contribution in [0.4, 0.5) is 5.00 Å². The first kappa shape index (κ1) is 20.9. The van der Waals surface area contributed by atoms with Gasteiger partial charge in [0.1, 0.15) is 10.6 Å². The molecule has 0 bridgehead atoms. The van der Waals surface area contributed by atoms with Gasteiger partial charge in [0.05, 0.1) is 23.4 Å². The quantitative estimate of drug-likeness (QED) is 0.255. The van der Waals surface area contributed by atoms with Crippen LogP contribution in [0.2, 0.25) is 5.02 Å². The van der Waals surface area contributed by atoms with E-state index in [1.165, 1.54) is 34.4 Å². The predicted octanol–water partition coefficient (Wildman–Crippen LogP) is 5.91. The number of aromatic nitrogens is 2. The van der Waals surface area contributed by atoms with Crippen LogP contribution in [0.25, 0.3) is 21.5 Å². The van der Waals surface area contributed by atoms with Crippen LogP contribution < -0.4 is 5.32 Å². The number of carbonyl (C=O) groups is 2. The van der Waals surface area contributed by atoms with E-state index in [1.807, 2.05) is 29.0 Å². The summed E-state index contributed by atoms with van der Waals surface area (Å²) in [5.41, 5.74) is 2.76. The zero-order chi connectivity index (χ0) is 21.1. The van der Waals surface area contributed by atoms with Gasteiger partial charge in [-0.05, 0) is 36.6 Å². The molecular weight excluding hydrogens is 462 g/mol. The molecule has 0 unspecified atom stereocenters. The molecule has 2 N–H and O–H groups in total. The third-order valence-electron chi connectivity index (χ3n) is 4.07. The maximum absolute atomic E-state index is 12.5. The van der Waals surface area contributed by atoms with Gasteiger partial charge in [0, 0.05) is 20.8 Å². The Hall–Kier alpha value is -2.33. The highest BCUT2D eigenvalue weighted by Crippen LogP contribution is 2.38. The van der Waals surface area contributed by atoms with E-state index in [0.717, 1.165) is 21.5 Å². The number of rotatable bonds is 7. The van der Waals surface area contributed by atoms with Crippen LogP contribution in [0.3, 0.4) is 0 Å². The Morgan fingerprint density at radius 2 is 2.17 bits per heavy atom. The van der Waals surface area contributed by atoms with E-state index in [-0.39, 0.29) is 18.3 Å². The van der Waals surface area contributed by atoms with Crippen molar-refractivity contribution < 1.29 is 14.3 Å². The monoisotopic (exact) mass is 477 g/mol. The number of fused-ring (bicyclic) bond motifs is 1. The average Bonchev–Trinajstić information content (AvgIpc) is 3.45. The fraction of sp³-hybridized carbons (Fsp3) is 0.150. The smallest absolute Gasteiger partial charge is 0.341 e. The maximum atomic E-state index is 12.5. The summed E-state index contributed by atoms with van der Waals surface area (Å²) in [6, 6.07) is 9.23. The molecule has 0 aliphatic rings. The van der Waals surface area contributed by atoms with Gasteiger partial charge in [0.15, 0.2) is 5.16 Å². The molecule has 0 radical (unpaired) electrons. The highest BCUT2D eigenvalue weighted by Gasteiger charge is 2.23. The van der Waals surface area contributed by atoms with Crippen molar-refractivity contribution in [2.75, 3.05) is 17.7 Å². The Bertz CT molecular complexity index is 1200. The average molecular weight is 478 g/mol. The first-order valence-electron chi connectivity index (χ1n) is 8.95.